The summed E-state index contributed by atoms with van der Waals surface area (Å²) in [6.45, 7) is 3.86. The van der Waals surface area contributed by atoms with Crippen molar-refractivity contribution < 1.29 is 4.79 Å². The van der Waals surface area contributed by atoms with Crippen molar-refractivity contribution in [3.8, 4) is 6.07 Å². The Hall–Kier alpha value is -1.60. The summed E-state index contributed by atoms with van der Waals surface area (Å²) in [6, 6.07) is 5.03. The summed E-state index contributed by atoms with van der Waals surface area (Å²) in [7, 11) is 0. The van der Waals surface area contributed by atoms with Crippen LogP contribution in [0.5, 0.6) is 0 Å². The van der Waals surface area contributed by atoms with Crippen molar-refractivity contribution in [2.45, 2.75) is 19.9 Å². The lowest BCUT2D eigenvalue weighted by molar-refractivity contribution is 0.0926. The zero-order valence-electron chi connectivity index (χ0n) is 9.77. The lowest BCUT2D eigenvalue weighted by Crippen LogP contribution is -2.38. The van der Waals surface area contributed by atoms with Crippen LogP contribution in [0.4, 0.5) is 0 Å². The number of hydrogen-bond acceptors (Lipinski definition) is 3. The van der Waals surface area contributed by atoms with Gasteiger partial charge in [-0.05, 0) is 25.0 Å². The molecule has 1 rings (SSSR count). The lowest BCUT2D eigenvalue weighted by atomic mass is 10.1. The van der Waals surface area contributed by atoms with Gasteiger partial charge in [0.1, 0.15) is 11.8 Å². The third kappa shape index (κ3) is 3.72. The molecule has 1 aromatic heterocycles. The van der Waals surface area contributed by atoms with Crippen LogP contribution < -0.4 is 5.32 Å². The maximum Gasteiger partial charge on any atom is 0.270 e. The highest BCUT2D eigenvalue weighted by molar-refractivity contribution is 6.18. The van der Waals surface area contributed by atoms with Gasteiger partial charge >= 0.3 is 0 Å². The van der Waals surface area contributed by atoms with Crippen LogP contribution in [-0.2, 0) is 0 Å². The van der Waals surface area contributed by atoms with E-state index in [0.717, 1.165) is 0 Å². The number of nitrogens with zero attached hydrogens (tertiary/aromatic N) is 2. The van der Waals surface area contributed by atoms with E-state index in [4.69, 9.17) is 16.9 Å². The Kier molecular flexibility index (Phi) is 4.92. The van der Waals surface area contributed by atoms with Gasteiger partial charge in [0.15, 0.2) is 0 Å². The highest BCUT2D eigenvalue weighted by atomic mass is 35.5. The maximum absolute atomic E-state index is 11.8. The average molecular weight is 252 g/mol. The van der Waals surface area contributed by atoms with Gasteiger partial charge in [-0.25, -0.2) is 4.98 Å². The van der Waals surface area contributed by atoms with E-state index in [1.54, 1.807) is 6.07 Å². The first kappa shape index (κ1) is 13.5. The summed E-state index contributed by atoms with van der Waals surface area (Å²) in [5, 5.41) is 11.4. The molecule has 1 aromatic rings. The van der Waals surface area contributed by atoms with Crippen LogP contribution in [-0.4, -0.2) is 22.8 Å². The zero-order valence-corrected chi connectivity index (χ0v) is 10.5. The Morgan fingerprint density at radius 3 is 2.76 bits per heavy atom. The van der Waals surface area contributed by atoms with Crippen molar-refractivity contribution in [3.05, 3.63) is 29.6 Å². The number of amides is 1. The first-order valence-electron chi connectivity index (χ1n) is 5.31. The molecule has 4 nitrogen and oxygen atoms in total. The number of aromatic nitrogens is 1. The Bertz CT molecular complexity index is 424. The number of hydrogen-bond donors (Lipinski definition) is 1. The molecule has 0 spiro atoms. The predicted octanol–water partition coefficient (Wildman–Crippen LogP) is 1.95. The summed E-state index contributed by atoms with van der Waals surface area (Å²) < 4.78 is 0. The molecule has 0 saturated heterocycles. The van der Waals surface area contributed by atoms with E-state index in [1.165, 1.54) is 12.3 Å². The van der Waals surface area contributed by atoms with Gasteiger partial charge in [0.2, 0.25) is 0 Å². The molecule has 1 amide bonds. The van der Waals surface area contributed by atoms with Gasteiger partial charge in [0.25, 0.3) is 5.91 Å². The van der Waals surface area contributed by atoms with E-state index in [2.05, 4.69) is 10.3 Å². The van der Waals surface area contributed by atoms with Gasteiger partial charge in [0, 0.05) is 18.1 Å². The van der Waals surface area contributed by atoms with Crippen LogP contribution in [0.15, 0.2) is 18.3 Å². The van der Waals surface area contributed by atoms with Crippen molar-refractivity contribution in [2.24, 2.45) is 5.92 Å². The van der Waals surface area contributed by atoms with E-state index in [0.29, 0.717) is 17.1 Å². The second kappa shape index (κ2) is 6.21. The molecule has 0 fully saturated rings. The second-order valence-corrected chi connectivity index (χ2v) is 4.25. The van der Waals surface area contributed by atoms with Crippen LogP contribution in [0.1, 0.15) is 29.9 Å². The van der Waals surface area contributed by atoms with Crippen LogP contribution >= 0.6 is 11.6 Å². The fourth-order valence-electron chi connectivity index (χ4n) is 1.15. The lowest BCUT2D eigenvalue weighted by Gasteiger charge is -2.18. The minimum Gasteiger partial charge on any atom is -0.348 e. The molecule has 2 unspecified atom stereocenters. The molecule has 0 aromatic carbocycles. The van der Waals surface area contributed by atoms with E-state index >= 15 is 0 Å². The molecule has 2 atom stereocenters. The number of carbonyl (C=O) groups is 1. The van der Waals surface area contributed by atoms with Gasteiger partial charge in [-0.3, -0.25) is 4.79 Å². The molecule has 0 aliphatic heterocycles. The molecule has 90 valence electrons. The molecule has 17 heavy (non-hydrogen) atoms. The fourth-order valence-corrected chi connectivity index (χ4v) is 1.42. The molecule has 0 aliphatic rings. The van der Waals surface area contributed by atoms with Gasteiger partial charge in [0.05, 0.1) is 5.56 Å². The Morgan fingerprint density at radius 1 is 1.59 bits per heavy atom. The van der Waals surface area contributed by atoms with Crippen molar-refractivity contribution in [1.29, 1.82) is 5.26 Å². The minimum absolute atomic E-state index is 0.0163. The SMILES string of the molecule is CC(CCl)C(C)NC(=O)c1ccc(C#N)cn1. The number of carbonyl (C=O) groups excluding carboxylic acids is 1. The summed E-state index contributed by atoms with van der Waals surface area (Å²) in [4.78, 5) is 15.7. The highest BCUT2D eigenvalue weighted by Gasteiger charge is 2.15. The van der Waals surface area contributed by atoms with Gasteiger partial charge in [-0.15, -0.1) is 11.6 Å². The number of nitrogens with one attached hydrogen (secondary N) is 1. The Balaban J connectivity index is 2.67. The number of alkyl halides is 1. The molecule has 0 bridgehead atoms. The van der Waals surface area contributed by atoms with E-state index in [1.807, 2.05) is 19.9 Å². The maximum atomic E-state index is 11.8. The van der Waals surface area contributed by atoms with Gasteiger partial charge < -0.3 is 5.32 Å². The molecule has 0 aliphatic carbocycles. The zero-order chi connectivity index (χ0) is 12.8. The number of halogens is 1. The Labute approximate surface area is 106 Å². The number of rotatable bonds is 4. The average Bonchev–Trinajstić information content (AvgIpc) is 2.37. The fraction of sp³-hybridized carbons (Fsp3) is 0.417. The molecule has 0 radical (unpaired) electrons. The van der Waals surface area contributed by atoms with Crippen molar-refractivity contribution >= 4 is 17.5 Å². The van der Waals surface area contributed by atoms with Crippen LogP contribution in [0.25, 0.3) is 0 Å². The Morgan fingerprint density at radius 2 is 2.29 bits per heavy atom. The largest absolute Gasteiger partial charge is 0.348 e. The summed E-state index contributed by atoms with van der Waals surface area (Å²) in [6.07, 6.45) is 1.38. The number of nitriles is 1. The van der Waals surface area contributed by atoms with Crippen molar-refractivity contribution in [1.82, 2.24) is 10.3 Å². The van der Waals surface area contributed by atoms with E-state index in [-0.39, 0.29) is 17.9 Å². The molecule has 1 heterocycles. The molecule has 5 heteroatoms. The minimum atomic E-state index is -0.251. The third-order valence-corrected chi connectivity index (χ3v) is 3.07. The van der Waals surface area contributed by atoms with Gasteiger partial charge in [-0.1, -0.05) is 6.92 Å². The van der Waals surface area contributed by atoms with Crippen LogP contribution in [0, 0.1) is 17.2 Å². The van der Waals surface area contributed by atoms with Crippen molar-refractivity contribution in [2.75, 3.05) is 5.88 Å². The van der Waals surface area contributed by atoms with Crippen LogP contribution in [0.2, 0.25) is 0 Å². The first-order chi connectivity index (χ1) is 8.08. The summed E-state index contributed by atoms with van der Waals surface area (Å²) >= 11 is 5.71. The molecular formula is C12H14ClN3O. The van der Waals surface area contributed by atoms with E-state index in [9.17, 15) is 4.79 Å². The molecule has 1 N–H and O–H groups in total. The normalized spacial score (nSPS) is 13.5. The summed E-state index contributed by atoms with van der Waals surface area (Å²) in [5.41, 5.74) is 0.737. The standard InChI is InChI=1S/C12H14ClN3O/c1-8(5-13)9(2)16-12(17)11-4-3-10(6-14)7-15-11/h3-4,7-9H,5H2,1-2H3,(H,16,17). The van der Waals surface area contributed by atoms with Crippen molar-refractivity contribution in [3.63, 3.8) is 0 Å². The predicted molar refractivity (Wildman–Crippen MR) is 65.8 cm³/mol. The quantitative estimate of drug-likeness (QED) is 0.832. The monoisotopic (exact) mass is 251 g/mol. The molecular weight excluding hydrogens is 238 g/mol. The third-order valence-electron chi connectivity index (χ3n) is 2.58. The van der Waals surface area contributed by atoms with Crippen LogP contribution in [0.3, 0.4) is 0 Å². The number of pyridine rings is 1. The first-order valence-corrected chi connectivity index (χ1v) is 5.85. The van der Waals surface area contributed by atoms with Gasteiger partial charge in [-0.2, -0.15) is 5.26 Å². The second-order valence-electron chi connectivity index (χ2n) is 3.94. The molecule has 0 saturated carbocycles. The summed E-state index contributed by atoms with van der Waals surface area (Å²) in [5.74, 6) is 0.431. The van der Waals surface area contributed by atoms with E-state index < -0.39 is 0 Å². The smallest absolute Gasteiger partial charge is 0.270 e. The highest BCUT2D eigenvalue weighted by Crippen LogP contribution is 2.06. The topological polar surface area (TPSA) is 65.8 Å².